The minimum atomic E-state index is -2.83. The maximum atomic E-state index is 13.5. The molecule has 1 atom stereocenters. The summed E-state index contributed by atoms with van der Waals surface area (Å²) in [5, 5.41) is 7.00. The van der Waals surface area contributed by atoms with Gasteiger partial charge in [0.2, 0.25) is 5.91 Å². The standard InChI is InChI=1S/C19H30F2N4O3/c1-5-28-19(27)15-10-22-25(16(15)17(20)21)11-24-8-6-14(7-9-24)18(26)23-13(4)12(2)3/h10,12-14,17H,5-9,11H2,1-4H3,(H,23,26). The average molecular weight is 400 g/mol. The number of piperidine rings is 1. The highest BCUT2D eigenvalue weighted by Crippen LogP contribution is 2.25. The molecule has 0 spiro atoms. The molecule has 28 heavy (non-hydrogen) atoms. The molecule has 0 radical (unpaired) electrons. The molecule has 2 heterocycles. The third-order valence-electron chi connectivity index (χ3n) is 5.24. The second-order valence-electron chi connectivity index (χ2n) is 7.54. The van der Waals surface area contributed by atoms with Crippen molar-refractivity contribution in [2.24, 2.45) is 11.8 Å². The van der Waals surface area contributed by atoms with Crippen LogP contribution in [0.15, 0.2) is 6.20 Å². The van der Waals surface area contributed by atoms with Crippen molar-refractivity contribution >= 4 is 11.9 Å². The Morgan fingerprint density at radius 2 is 1.93 bits per heavy atom. The number of hydrogen-bond donors (Lipinski definition) is 1. The van der Waals surface area contributed by atoms with E-state index in [0.717, 1.165) is 10.9 Å². The molecule has 1 aliphatic rings. The molecule has 0 bridgehead atoms. The molecule has 1 aromatic rings. The van der Waals surface area contributed by atoms with E-state index in [0.29, 0.717) is 31.8 Å². The van der Waals surface area contributed by atoms with Gasteiger partial charge in [-0.25, -0.2) is 18.3 Å². The number of nitrogens with zero attached hydrogens (tertiary/aromatic N) is 3. The quantitative estimate of drug-likeness (QED) is 0.679. The van der Waals surface area contributed by atoms with Crippen LogP contribution in [-0.2, 0) is 16.2 Å². The first-order valence-corrected chi connectivity index (χ1v) is 9.78. The molecule has 1 unspecified atom stereocenters. The molecule has 1 aromatic heterocycles. The Bertz CT molecular complexity index is 670. The number of rotatable bonds is 8. The van der Waals surface area contributed by atoms with Gasteiger partial charge in [-0.2, -0.15) is 5.10 Å². The van der Waals surface area contributed by atoms with Crippen molar-refractivity contribution < 1.29 is 23.1 Å². The number of likely N-dealkylation sites (tertiary alicyclic amines) is 1. The van der Waals surface area contributed by atoms with Crippen LogP contribution in [0.1, 0.15) is 63.0 Å². The summed E-state index contributed by atoms with van der Waals surface area (Å²) in [6.45, 7) is 9.19. The maximum absolute atomic E-state index is 13.5. The fourth-order valence-corrected chi connectivity index (χ4v) is 3.14. The number of alkyl halides is 2. The van der Waals surface area contributed by atoms with Gasteiger partial charge in [0.15, 0.2) is 0 Å². The van der Waals surface area contributed by atoms with E-state index in [9.17, 15) is 18.4 Å². The smallest absolute Gasteiger partial charge is 0.341 e. The Morgan fingerprint density at radius 3 is 2.46 bits per heavy atom. The first-order chi connectivity index (χ1) is 13.2. The summed E-state index contributed by atoms with van der Waals surface area (Å²) < 4.78 is 33.0. The van der Waals surface area contributed by atoms with Crippen LogP contribution in [0.25, 0.3) is 0 Å². The summed E-state index contributed by atoms with van der Waals surface area (Å²) in [6.07, 6.45) is -0.380. The molecule has 158 valence electrons. The van der Waals surface area contributed by atoms with E-state index in [1.54, 1.807) is 6.92 Å². The summed E-state index contributed by atoms with van der Waals surface area (Å²) in [7, 11) is 0. The third kappa shape index (κ3) is 5.50. The zero-order chi connectivity index (χ0) is 20.8. The number of carbonyl (C=O) groups excluding carboxylic acids is 2. The molecular formula is C19H30F2N4O3. The van der Waals surface area contributed by atoms with Crippen molar-refractivity contribution in [1.29, 1.82) is 0 Å². The third-order valence-corrected chi connectivity index (χ3v) is 5.24. The van der Waals surface area contributed by atoms with Gasteiger partial charge in [-0.3, -0.25) is 9.69 Å². The van der Waals surface area contributed by atoms with Crippen LogP contribution >= 0.6 is 0 Å². The summed E-state index contributed by atoms with van der Waals surface area (Å²) in [5.41, 5.74) is -0.627. The number of amides is 1. The number of nitrogens with one attached hydrogen (secondary N) is 1. The van der Waals surface area contributed by atoms with Crippen LogP contribution in [0, 0.1) is 11.8 Å². The number of aromatic nitrogens is 2. The van der Waals surface area contributed by atoms with E-state index < -0.39 is 18.1 Å². The second-order valence-corrected chi connectivity index (χ2v) is 7.54. The topological polar surface area (TPSA) is 76.5 Å². The maximum Gasteiger partial charge on any atom is 0.341 e. The molecule has 1 N–H and O–H groups in total. The molecule has 1 fully saturated rings. The Balaban J connectivity index is 1.96. The van der Waals surface area contributed by atoms with Crippen molar-refractivity contribution in [3.05, 3.63) is 17.5 Å². The lowest BCUT2D eigenvalue weighted by Gasteiger charge is -2.32. The Kier molecular flexibility index (Phi) is 7.91. The Hall–Kier alpha value is -2.03. The summed E-state index contributed by atoms with van der Waals surface area (Å²) in [4.78, 5) is 26.2. The minimum Gasteiger partial charge on any atom is -0.462 e. The van der Waals surface area contributed by atoms with Crippen LogP contribution in [0.2, 0.25) is 0 Å². The molecule has 0 aromatic carbocycles. The zero-order valence-electron chi connectivity index (χ0n) is 17.0. The number of carbonyl (C=O) groups is 2. The molecule has 7 nitrogen and oxygen atoms in total. The van der Waals surface area contributed by atoms with Crippen molar-refractivity contribution in [3.63, 3.8) is 0 Å². The van der Waals surface area contributed by atoms with Crippen molar-refractivity contribution in [3.8, 4) is 0 Å². The lowest BCUT2D eigenvalue weighted by atomic mass is 9.95. The molecule has 0 aliphatic carbocycles. The van der Waals surface area contributed by atoms with E-state index in [2.05, 4.69) is 24.3 Å². The molecule has 0 saturated carbocycles. The van der Waals surface area contributed by atoms with Gasteiger partial charge in [-0.05, 0) is 32.6 Å². The largest absolute Gasteiger partial charge is 0.462 e. The monoisotopic (exact) mass is 400 g/mol. The Morgan fingerprint density at radius 1 is 1.29 bits per heavy atom. The van der Waals surface area contributed by atoms with Gasteiger partial charge >= 0.3 is 5.97 Å². The molecular weight excluding hydrogens is 370 g/mol. The van der Waals surface area contributed by atoms with E-state index >= 15 is 0 Å². The predicted octanol–water partition coefficient (Wildman–Crippen LogP) is 2.83. The number of hydrogen-bond acceptors (Lipinski definition) is 5. The summed E-state index contributed by atoms with van der Waals surface area (Å²) in [6, 6.07) is 0.115. The second kappa shape index (κ2) is 9.95. The fourth-order valence-electron chi connectivity index (χ4n) is 3.14. The zero-order valence-corrected chi connectivity index (χ0v) is 17.0. The lowest BCUT2D eigenvalue weighted by molar-refractivity contribution is -0.127. The van der Waals surface area contributed by atoms with Gasteiger partial charge in [0.25, 0.3) is 6.43 Å². The van der Waals surface area contributed by atoms with Gasteiger partial charge in [0.1, 0.15) is 11.3 Å². The van der Waals surface area contributed by atoms with E-state index in [4.69, 9.17) is 4.74 Å². The minimum absolute atomic E-state index is 0.0535. The van der Waals surface area contributed by atoms with E-state index in [1.165, 1.54) is 0 Å². The average Bonchev–Trinajstić information content (AvgIpc) is 3.06. The molecule has 2 rings (SSSR count). The van der Waals surface area contributed by atoms with Crippen LogP contribution in [0.3, 0.4) is 0 Å². The van der Waals surface area contributed by atoms with Gasteiger partial charge in [0.05, 0.1) is 19.5 Å². The van der Waals surface area contributed by atoms with Crippen molar-refractivity contribution in [2.75, 3.05) is 19.7 Å². The van der Waals surface area contributed by atoms with Crippen LogP contribution in [0.4, 0.5) is 8.78 Å². The highest BCUT2D eigenvalue weighted by Gasteiger charge is 2.29. The van der Waals surface area contributed by atoms with Crippen LogP contribution in [0.5, 0.6) is 0 Å². The lowest BCUT2D eigenvalue weighted by Crippen LogP contribution is -2.44. The number of halogens is 2. The SMILES string of the molecule is CCOC(=O)c1cnn(CN2CCC(C(=O)NC(C)C(C)C)CC2)c1C(F)F. The van der Waals surface area contributed by atoms with Crippen molar-refractivity contribution in [2.45, 2.75) is 59.7 Å². The van der Waals surface area contributed by atoms with Crippen LogP contribution in [-0.4, -0.2) is 52.3 Å². The normalized spacial score (nSPS) is 17.1. The van der Waals surface area contributed by atoms with E-state index in [1.807, 2.05) is 11.8 Å². The molecule has 9 heteroatoms. The predicted molar refractivity (Wildman–Crippen MR) is 99.9 cm³/mol. The molecule has 1 saturated heterocycles. The van der Waals surface area contributed by atoms with Crippen molar-refractivity contribution in [1.82, 2.24) is 20.0 Å². The van der Waals surface area contributed by atoms with Crippen LogP contribution < -0.4 is 5.32 Å². The fraction of sp³-hybridized carbons (Fsp3) is 0.737. The number of esters is 1. The van der Waals surface area contributed by atoms with Gasteiger partial charge < -0.3 is 10.1 Å². The number of ether oxygens (including phenoxy) is 1. The molecule has 1 aliphatic heterocycles. The highest BCUT2D eigenvalue weighted by molar-refractivity contribution is 5.90. The van der Waals surface area contributed by atoms with E-state index in [-0.39, 0.29) is 36.7 Å². The Labute approximate surface area is 164 Å². The van der Waals surface area contributed by atoms with Gasteiger partial charge in [-0.15, -0.1) is 0 Å². The summed E-state index contributed by atoms with van der Waals surface area (Å²) >= 11 is 0. The van der Waals surface area contributed by atoms with Gasteiger partial charge in [-0.1, -0.05) is 13.8 Å². The summed E-state index contributed by atoms with van der Waals surface area (Å²) in [5.74, 6) is -0.443. The first kappa shape index (κ1) is 22.3. The first-order valence-electron chi connectivity index (χ1n) is 9.78. The molecule has 1 amide bonds. The van der Waals surface area contributed by atoms with Gasteiger partial charge in [0, 0.05) is 25.0 Å². The highest BCUT2D eigenvalue weighted by atomic mass is 19.3.